The molecule has 2 aromatic rings. The van der Waals surface area contributed by atoms with Gasteiger partial charge in [-0.3, -0.25) is 0 Å². The maximum atomic E-state index is 5.88. The van der Waals surface area contributed by atoms with Crippen molar-refractivity contribution >= 4 is 0 Å². The SMILES string of the molecule is CCCCCCCCCOc1ccc(-c2ncc(OCCCCCCC3CC3)cn2)cc1. The molecule has 0 N–H and O–H groups in total. The molecule has 1 aliphatic carbocycles. The van der Waals surface area contributed by atoms with Crippen molar-refractivity contribution in [3.05, 3.63) is 36.7 Å². The molecule has 4 nitrogen and oxygen atoms in total. The van der Waals surface area contributed by atoms with E-state index >= 15 is 0 Å². The Morgan fingerprint density at radius 2 is 1.25 bits per heavy atom. The summed E-state index contributed by atoms with van der Waals surface area (Å²) < 4.78 is 11.7. The van der Waals surface area contributed by atoms with Crippen LogP contribution in [0.5, 0.6) is 11.5 Å². The van der Waals surface area contributed by atoms with Crippen LogP contribution in [0.4, 0.5) is 0 Å². The van der Waals surface area contributed by atoms with Gasteiger partial charge in [-0.15, -0.1) is 0 Å². The van der Waals surface area contributed by atoms with Gasteiger partial charge in [0.25, 0.3) is 0 Å². The number of hydrogen-bond acceptors (Lipinski definition) is 4. The van der Waals surface area contributed by atoms with E-state index in [0.717, 1.165) is 54.9 Å². The van der Waals surface area contributed by atoms with Crippen LogP contribution in [0.15, 0.2) is 36.7 Å². The van der Waals surface area contributed by atoms with Crippen molar-refractivity contribution < 1.29 is 9.47 Å². The van der Waals surface area contributed by atoms with Crippen LogP contribution < -0.4 is 9.47 Å². The van der Waals surface area contributed by atoms with Gasteiger partial charge in [-0.05, 0) is 43.0 Å². The molecule has 1 heterocycles. The van der Waals surface area contributed by atoms with Crippen molar-refractivity contribution in [1.82, 2.24) is 9.97 Å². The van der Waals surface area contributed by atoms with Gasteiger partial charge in [-0.2, -0.15) is 0 Å². The van der Waals surface area contributed by atoms with Crippen molar-refractivity contribution in [2.24, 2.45) is 5.92 Å². The Kier molecular flexibility index (Phi) is 11.4. The molecule has 1 aliphatic rings. The molecule has 0 saturated heterocycles. The van der Waals surface area contributed by atoms with Crippen LogP contribution in [-0.2, 0) is 0 Å². The van der Waals surface area contributed by atoms with E-state index < -0.39 is 0 Å². The minimum Gasteiger partial charge on any atom is -0.494 e. The Morgan fingerprint density at radius 1 is 0.688 bits per heavy atom. The molecular formula is C28H42N2O2. The van der Waals surface area contributed by atoms with E-state index in [-0.39, 0.29) is 0 Å². The Labute approximate surface area is 195 Å². The van der Waals surface area contributed by atoms with Crippen molar-refractivity contribution in [1.29, 1.82) is 0 Å². The normalized spacial score (nSPS) is 13.3. The maximum Gasteiger partial charge on any atom is 0.159 e. The first-order chi connectivity index (χ1) is 15.8. The molecule has 0 bridgehead atoms. The first-order valence-electron chi connectivity index (χ1n) is 13.0. The topological polar surface area (TPSA) is 44.2 Å². The Hall–Kier alpha value is -2.10. The van der Waals surface area contributed by atoms with Crippen molar-refractivity contribution in [3.63, 3.8) is 0 Å². The molecule has 0 radical (unpaired) electrons. The van der Waals surface area contributed by atoms with Gasteiger partial charge in [0.05, 0.1) is 25.6 Å². The van der Waals surface area contributed by atoms with Gasteiger partial charge in [-0.25, -0.2) is 9.97 Å². The average molecular weight is 439 g/mol. The second-order valence-corrected chi connectivity index (χ2v) is 9.23. The minimum absolute atomic E-state index is 0.719. The van der Waals surface area contributed by atoms with Gasteiger partial charge in [0.15, 0.2) is 11.6 Å². The van der Waals surface area contributed by atoms with E-state index in [1.54, 1.807) is 12.4 Å². The van der Waals surface area contributed by atoms with E-state index in [0.29, 0.717) is 0 Å². The molecule has 0 aliphatic heterocycles. The third-order valence-electron chi connectivity index (χ3n) is 6.23. The van der Waals surface area contributed by atoms with Crippen LogP contribution in [0.25, 0.3) is 11.4 Å². The summed E-state index contributed by atoms with van der Waals surface area (Å²) in [5, 5.41) is 0. The van der Waals surface area contributed by atoms with Crippen molar-refractivity contribution in [2.75, 3.05) is 13.2 Å². The van der Waals surface area contributed by atoms with Gasteiger partial charge in [0.2, 0.25) is 0 Å². The van der Waals surface area contributed by atoms with Gasteiger partial charge in [0.1, 0.15) is 5.75 Å². The predicted octanol–water partition coefficient (Wildman–Crippen LogP) is 8.01. The lowest BCUT2D eigenvalue weighted by Crippen LogP contribution is -1.99. The number of rotatable bonds is 18. The molecule has 1 aromatic carbocycles. The minimum atomic E-state index is 0.719. The van der Waals surface area contributed by atoms with E-state index in [9.17, 15) is 0 Å². The van der Waals surface area contributed by atoms with Crippen molar-refractivity contribution in [3.8, 4) is 22.9 Å². The fourth-order valence-corrected chi connectivity index (χ4v) is 3.97. The molecule has 4 heteroatoms. The van der Waals surface area contributed by atoms with Crippen LogP contribution in [0, 0.1) is 5.92 Å². The van der Waals surface area contributed by atoms with Crippen LogP contribution in [-0.4, -0.2) is 23.2 Å². The van der Waals surface area contributed by atoms with E-state index in [4.69, 9.17) is 9.47 Å². The van der Waals surface area contributed by atoms with Crippen LogP contribution in [0.2, 0.25) is 0 Å². The molecule has 0 spiro atoms. The van der Waals surface area contributed by atoms with Crippen LogP contribution >= 0.6 is 0 Å². The summed E-state index contributed by atoms with van der Waals surface area (Å²) in [6, 6.07) is 8.07. The van der Waals surface area contributed by atoms with Gasteiger partial charge < -0.3 is 9.47 Å². The summed E-state index contributed by atoms with van der Waals surface area (Å²) in [5.41, 5.74) is 0.996. The van der Waals surface area contributed by atoms with Gasteiger partial charge in [-0.1, -0.05) is 84.0 Å². The molecule has 32 heavy (non-hydrogen) atoms. The number of benzene rings is 1. The largest absolute Gasteiger partial charge is 0.494 e. The lowest BCUT2D eigenvalue weighted by molar-refractivity contribution is 0.302. The van der Waals surface area contributed by atoms with E-state index in [1.165, 1.54) is 77.0 Å². The zero-order valence-corrected chi connectivity index (χ0v) is 20.1. The quantitative estimate of drug-likeness (QED) is 0.221. The fraction of sp³-hybridized carbons (Fsp3) is 0.643. The highest BCUT2D eigenvalue weighted by Crippen LogP contribution is 2.34. The number of aromatic nitrogens is 2. The third-order valence-corrected chi connectivity index (χ3v) is 6.23. The standard InChI is InChI=1S/C28H42N2O2/c1-2-3-4-5-6-8-11-20-31-26-18-16-25(17-19-26)28-29-22-27(23-30-28)32-21-12-9-7-10-13-24-14-15-24/h16-19,22-24H,2-15,20-21H2,1H3. The lowest BCUT2D eigenvalue weighted by Gasteiger charge is -2.08. The smallest absolute Gasteiger partial charge is 0.159 e. The first kappa shape index (κ1) is 24.5. The molecule has 0 unspecified atom stereocenters. The Balaban J connectivity index is 1.27. The summed E-state index contributed by atoms with van der Waals surface area (Å²) in [5.74, 6) is 3.44. The molecule has 3 rings (SSSR count). The monoisotopic (exact) mass is 438 g/mol. The average Bonchev–Trinajstić information content (AvgIpc) is 3.65. The summed E-state index contributed by atoms with van der Waals surface area (Å²) >= 11 is 0. The fourth-order valence-electron chi connectivity index (χ4n) is 3.97. The summed E-state index contributed by atoms with van der Waals surface area (Å²) in [4.78, 5) is 8.95. The number of ether oxygens (including phenoxy) is 2. The Morgan fingerprint density at radius 3 is 1.88 bits per heavy atom. The summed E-state index contributed by atoms with van der Waals surface area (Å²) in [6.45, 7) is 3.79. The number of unbranched alkanes of at least 4 members (excludes halogenated alkanes) is 9. The molecule has 1 fully saturated rings. The van der Waals surface area contributed by atoms with Crippen LogP contribution in [0.3, 0.4) is 0 Å². The number of hydrogen-bond donors (Lipinski definition) is 0. The molecule has 0 amide bonds. The highest BCUT2D eigenvalue weighted by atomic mass is 16.5. The second kappa shape index (κ2) is 14.9. The summed E-state index contributed by atoms with van der Waals surface area (Å²) in [7, 11) is 0. The highest BCUT2D eigenvalue weighted by Gasteiger charge is 2.19. The Bertz CT molecular complexity index is 726. The van der Waals surface area contributed by atoms with Gasteiger partial charge >= 0.3 is 0 Å². The second-order valence-electron chi connectivity index (χ2n) is 9.23. The highest BCUT2D eigenvalue weighted by molar-refractivity contribution is 5.56. The predicted molar refractivity (Wildman–Crippen MR) is 132 cm³/mol. The first-order valence-corrected chi connectivity index (χ1v) is 13.0. The number of nitrogens with zero attached hydrogens (tertiary/aromatic N) is 2. The van der Waals surface area contributed by atoms with E-state index in [2.05, 4.69) is 16.9 Å². The third kappa shape index (κ3) is 10.0. The van der Waals surface area contributed by atoms with Crippen LogP contribution in [0.1, 0.15) is 96.8 Å². The van der Waals surface area contributed by atoms with E-state index in [1.807, 2.05) is 24.3 Å². The zero-order valence-electron chi connectivity index (χ0n) is 20.1. The molecule has 1 aromatic heterocycles. The molecular weight excluding hydrogens is 396 g/mol. The molecule has 0 atom stereocenters. The lowest BCUT2D eigenvalue weighted by atomic mass is 10.1. The summed E-state index contributed by atoms with van der Waals surface area (Å²) in [6.07, 6.45) is 22.1. The van der Waals surface area contributed by atoms with Crippen molar-refractivity contribution in [2.45, 2.75) is 96.8 Å². The maximum absolute atomic E-state index is 5.88. The zero-order chi connectivity index (χ0) is 22.3. The molecule has 1 saturated carbocycles. The van der Waals surface area contributed by atoms with Gasteiger partial charge in [0, 0.05) is 5.56 Å². The molecule has 176 valence electrons.